The normalized spacial score (nSPS) is 11.6. The van der Waals surface area contributed by atoms with Crippen molar-refractivity contribution in [2.45, 2.75) is 12.8 Å². The standard InChI is InChI=1S/C18H22N2O3/c1-14(15-8-5-4-6-9-15)13-23-17-11-7-10-16(12-17)19-18(21)20(2)22-3/h4-12,14H,13H2,1-3H3,(H,19,21). The van der Waals surface area contributed by atoms with Crippen LogP contribution in [0.15, 0.2) is 54.6 Å². The molecule has 0 bridgehead atoms. The van der Waals surface area contributed by atoms with E-state index in [-0.39, 0.29) is 11.9 Å². The first-order valence-corrected chi connectivity index (χ1v) is 7.46. The first-order valence-electron chi connectivity index (χ1n) is 7.46. The Labute approximate surface area is 136 Å². The fourth-order valence-corrected chi connectivity index (χ4v) is 2.05. The van der Waals surface area contributed by atoms with Crippen LogP contribution in [-0.2, 0) is 4.84 Å². The highest BCUT2D eigenvalue weighted by Gasteiger charge is 2.09. The molecule has 0 heterocycles. The summed E-state index contributed by atoms with van der Waals surface area (Å²) in [6.45, 7) is 2.69. The molecule has 2 aromatic carbocycles. The van der Waals surface area contributed by atoms with Gasteiger partial charge in [0, 0.05) is 24.7 Å². The lowest BCUT2D eigenvalue weighted by atomic mass is 10.0. The van der Waals surface area contributed by atoms with Gasteiger partial charge in [0.2, 0.25) is 0 Å². The van der Waals surface area contributed by atoms with Gasteiger partial charge in [0.15, 0.2) is 0 Å². The molecule has 0 aliphatic rings. The maximum absolute atomic E-state index is 11.8. The van der Waals surface area contributed by atoms with Crippen molar-refractivity contribution in [2.75, 3.05) is 26.1 Å². The molecule has 5 heteroatoms. The van der Waals surface area contributed by atoms with Crippen molar-refractivity contribution in [3.8, 4) is 5.75 Å². The Kier molecular flexibility index (Phi) is 6.00. The fraction of sp³-hybridized carbons (Fsp3) is 0.278. The maximum atomic E-state index is 11.8. The number of nitrogens with zero attached hydrogens (tertiary/aromatic N) is 1. The van der Waals surface area contributed by atoms with Crippen LogP contribution in [0.4, 0.5) is 10.5 Å². The largest absolute Gasteiger partial charge is 0.493 e. The van der Waals surface area contributed by atoms with Gasteiger partial charge in [-0.05, 0) is 17.7 Å². The molecule has 2 amide bonds. The lowest BCUT2D eigenvalue weighted by Gasteiger charge is -2.16. The van der Waals surface area contributed by atoms with Crippen LogP contribution in [0.1, 0.15) is 18.4 Å². The van der Waals surface area contributed by atoms with Crippen LogP contribution < -0.4 is 10.1 Å². The van der Waals surface area contributed by atoms with Gasteiger partial charge >= 0.3 is 6.03 Å². The predicted molar refractivity (Wildman–Crippen MR) is 90.6 cm³/mol. The molecule has 1 atom stereocenters. The Morgan fingerprint density at radius 2 is 1.91 bits per heavy atom. The summed E-state index contributed by atoms with van der Waals surface area (Å²) in [4.78, 5) is 16.6. The summed E-state index contributed by atoms with van der Waals surface area (Å²) in [6, 6.07) is 17.2. The van der Waals surface area contributed by atoms with Gasteiger partial charge in [-0.25, -0.2) is 9.86 Å². The second-order valence-electron chi connectivity index (χ2n) is 5.26. The van der Waals surface area contributed by atoms with Crippen LogP contribution >= 0.6 is 0 Å². The van der Waals surface area contributed by atoms with Crippen molar-refractivity contribution in [1.82, 2.24) is 5.06 Å². The fourth-order valence-electron chi connectivity index (χ4n) is 2.05. The minimum absolute atomic E-state index is 0.286. The number of carbonyl (C=O) groups is 1. The molecule has 2 rings (SSSR count). The molecule has 0 aliphatic heterocycles. The molecular formula is C18H22N2O3. The Morgan fingerprint density at radius 3 is 2.61 bits per heavy atom. The SMILES string of the molecule is CON(C)C(=O)Nc1cccc(OCC(C)c2ccccc2)c1. The molecule has 0 aromatic heterocycles. The van der Waals surface area contributed by atoms with Gasteiger partial charge in [-0.3, -0.25) is 4.84 Å². The predicted octanol–water partition coefficient (Wildman–Crippen LogP) is 3.89. The summed E-state index contributed by atoms with van der Waals surface area (Å²) >= 11 is 0. The molecular weight excluding hydrogens is 292 g/mol. The summed E-state index contributed by atoms with van der Waals surface area (Å²) < 4.78 is 5.84. The first kappa shape index (κ1) is 16.8. The van der Waals surface area contributed by atoms with Gasteiger partial charge in [-0.2, -0.15) is 0 Å². The van der Waals surface area contributed by atoms with Crippen LogP contribution in [0.5, 0.6) is 5.75 Å². The highest BCUT2D eigenvalue weighted by Crippen LogP contribution is 2.21. The van der Waals surface area contributed by atoms with Gasteiger partial charge in [-0.1, -0.05) is 43.3 Å². The average molecular weight is 314 g/mol. The van der Waals surface area contributed by atoms with Crippen LogP contribution in [-0.4, -0.2) is 31.9 Å². The number of benzene rings is 2. The summed E-state index contributed by atoms with van der Waals surface area (Å²) in [7, 11) is 2.97. The van der Waals surface area contributed by atoms with E-state index >= 15 is 0 Å². The number of ether oxygens (including phenoxy) is 1. The zero-order valence-corrected chi connectivity index (χ0v) is 13.7. The van der Waals surface area contributed by atoms with E-state index in [1.54, 1.807) is 12.1 Å². The van der Waals surface area contributed by atoms with Crippen molar-refractivity contribution in [3.63, 3.8) is 0 Å². The molecule has 0 saturated carbocycles. The number of hydrogen-bond acceptors (Lipinski definition) is 3. The minimum atomic E-state index is -0.345. The van der Waals surface area contributed by atoms with E-state index in [9.17, 15) is 4.79 Å². The van der Waals surface area contributed by atoms with Crippen LogP contribution in [0.2, 0.25) is 0 Å². The Bertz CT molecular complexity index is 631. The van der Waals surface area contributed by atoms with Crippen molar-refractivity contribution in [3.05, 3.63) is 60.2 Å². The molecule has 122 valence electrons. The van der Waals surface area contributed by atoms with Crippen molar-refractivity contribution < 1.29 is 14.4 Å². The van der Waals surface area contributed by atoms with Gasteiger partial charge in [0.25, 0.3) is 0 Å². The second kappa shape index (κ2) is 8.19. The van der Waals surface area contributed by atoms with E-state index in [1.807, 2.05) is 30.3 Å². The van der Waals surface area contributed by atoms with E-state index < -0.39 is 0 Å². The van der Waals surface area contributed by atoms with Gasteiger partial charge < -0.3 is 10.1 Å². The average Bonchev–Trinajstić information content (AvgIpc) is 2.60. The number of amides is 2. The maximum Gasteiger partial charge on any atom is 0.345 e. The number of nitrogens with one attached hydrogen (secondary N) is 1. The summed E-state index contributed by atoms with van der Waals surface area (Å²) in [5.74, 6) is 1.000. The molecule has 0 saturated heterocycles. The minimum Gasteiger partial charge on any atom is -0.493 e. The lowest BCUT2D eigenvalue weighted by Crippen LogP contribution is -2.30. The number of carbonyl (C=O) groups excluding carboxylic acids is 1. The zero-order chi connectivity index (χ0) is 16.7. The molecule has 0 spiro atoms. The second-order valence-corrected chi connectivity index (χ2v) is 5.26. The number of hydroxylamine groups is 2. The zero-order valence-electron chi connectivity index (χ0n) is 13.7. The Hall–Kier alpha value is -2.53. The monoisotopic (exact) mass is 314 g/mol. The third-order valence-electron chi connectivity index (χ3n) is 3.51. The van der Waals surface area contributed by atoms with E-state index in [4.69, 9.17) is 9.57 Å². The van der Waals surface area contributed by atoms with E-state index in [2.05, 4.69) is 24.4 Å². The van der Waals surface area contributed by atoms with Crippen molar-refractivity contribution in [1.29, 1.82) is 0 Å². The van der Waals surface area contributed by atoms with Crippen LogP contribution in [0.3, 0.4) is 0 Å². The summed E-state index contributed by atoms with van der Waals surface area (Å²) in [5.41, 5.74) is 1.89. The number of urea groups is 1. The topological polar surface area (TPSA) is 50.8 Å². The molecule has 0 radical (unpaired) electrons. The highest BCUT2D eigenvalue weighted by atomic mass is 16.7. The van der Waals surface area contributed by atoms with Crippen LogP contribution in [0.25, 0.3) is 0 Å². The lowest BCUT2D eigenvalue weighted by molar-refractivity contribution is -0.0598. The third-order valence-corrected chi connectivity index (χ3v) is 3.51. The van der Waals surface area contributed by atoms with Gasteiger partial charge in [0.1, 0.15) is 5.75 Å². The third kappa shape index (κ3) is 5.00. The van der Waals surface area contributed by atoms with Gasteiger partial charge in [0.05, 0.1) is 13.7 Å². The molecule has 0 fully saturated rings. The van der Waals surface area contributed by atoms with E-state index in [0.29, 0.717) is 18.0 Å². The summed E-state index contributed by atoms with van der Waals surface area (Å²) in [6.07, 6.45) is 0. The molecule has 0 aliphatic carbocycles. The van der Waals surface area contributed by atoms with Crippen molar-refractivity contribution >= 4 is 11.7 Å². The summed E-state index contributed by atoms with van der Waals surface area (Å²) in [5, 5.41) is 3.85. The van der Waals surface area contributed by atoms with E-state index in [0.717, 1.165) is 5.06 Å². The smallest absolute Gasteiger partial charge is 0.345 e. The number of hydrogen-bond donors (Lipinski definition) is 1. The molecule has 5 nitrogen and oxygen atoms in total. The first-order chi connectivity index (χ1) is 11.1. The number of rotatable bonds is 6. The number of anilines is 1. The highest BCUT2D eigenvalue weighted by molar-refractivity contribution is 5.88. The Balaban J connectivity index is 1.93. The quantitative estimate of drug-likeness (QED) is 0.823. The van der Waals surface area contributed by atoms with Gasteiger partial charge in [-0.15, -0.1) is 0 Å². The molecule has 2 aromatic rings. The van der Waals surface area contributed by atoms with Crippen LogP contribution in [0, 0.1) is 0 Å². The van der Waals surface area contributed by atoms with Crippen molar-refractivity contribution in [2.24, 2.45) is 0 Å². The van der Waals surface area contributed by atoms with E-state index in [1.165, 1.54) is 19.7 Å². The Morgan fingerprint density at radius 1 is 1.17 bits per heavy atom. The molecule has 23 heavy (non-hydrogen) atoms. The molecule has 1 N–H and O–H groups in total. The molecule has 1 unspecified atom stereocenters.